The molecule has 93 heavy (non-hydrogen) atoms. The Labute approximate surface area is 579 Å². The lowest BCUT2D eigenvalue weighted by atomic mass is 9.99. The first kappa shape index (κ1) is 89.9. The number of hydrogen-bond donors (Lipinski definition) is 6. The summed E-state index contributed by atoms with van der Waals surface area (Å²) in [7, 11) is 0. The van der Waals surface area contributed by atoms with Gasteiger partial charge in [-0.1, -0.05) is 450 Å². The number of aliphatic hydroxyl groups excluding tert-OH is 5. The van der Waals surface area contributed by atoms with Gasteiger partial charge in [0.2, 0.25) is 5.91 Å². The maximum absolute atomic E-state index is 13.2. The van der Waals surface area contributed by atoms with Crippen LogP contribution in [0.25, 0.3) is 0 Å². The minimum Gasteiger partial charge on any atom is -0.394 e. The quantitative estimate of drug-likeness (QED) is 0.0261. The summed E-state index contributed by atoms with van der Waals surface area (Å²) in [6.07, 6.45) is 91.1. The van der Waals surface area contributed by atoms with Crippen molar-refractivity contribution in [2.75, 3.05) is 13.2 Å². The first-order chi connectivity index (χ1) is 45.8. The van der Waals surface area contributed by atoms with Crippen molar-refractivity contribution in [2.45, 2.75) is 506 Å². The van der Waals surface area contributed by atoms with Gasteiger partial charge in [-0.3, -0.25) is 4.79 Å². The van der Waals surface area contributed by atoms with E-state index in [4.69, 9.17) is 9.47 Å². The molecule has 1 amide bonds. The van der Waals surface area contributed by atoms with E-state index in [1.165, 1.54) is 405 Å². The largest absolute Gasteiger partial charge is 0.394 e. The van der Waals surface area contributed by atoms with Gasteiger partial charge >= 0.3 is 0 Å². The van der Waals surface area contributed by atoms with Gasteiger partial charge in [-0.25, -0.2) is 0 Å². The Balaban J connectivity index is 2.01. The number of nitrogens with one attached hydrogen (secondary N) is 1. The van der Waals surface area contributed by atoms with Gasteiger partial charge in [-0.2, -0.15) is 0 Å². The molecule has 1 aliphatic heterocycles. The van der Waals surface area contributed by atoms with Gasteiger partial charge in [0.15, 0.2) is 6.29 Å². The SMILES string of the molecule is CCCCCCCCCCCCCCCCCCCCCCCCCCCCC/C=C/C(O)C(COC1OC(CO)C(O)C(O)C1O)NC(=O)CCCCCCCCCCCCCCCCCCCCCCCCCCCCCCCCCCCCCCCCCCC. The van der Waals surface area contributed by atoms with Crippen LogP contribution < -0.4 is 5.32 Å². The van der Waals surface area contributed by atoms with Crippen molar-refractivity contribution in [3.63, 3.8) is 0 Å². The first-order valence-corrected chi connectivity index (χ1v) is 42.4. The van der Waals surface area contributed by atoms with Crippen LogP contribution in [0.5, 0.6) is 0 Å². The second kappa shape index (κ2) is 73.6. The molecule has 0 bridgehead atoms. The van der Waals surface area contributed by atoms with Crippen LogP contribution in [-0.2, 0) is 14.3 Å². The third kappa shape index (κ3) is 61.7. The van der Waals surface area contributed by atoms with Gasteiger partial charge in [0.25, 0.3) is 0 Å². The number of rotatable bonds is 77. The molecule has 0 radical (unpaired) electrons. The Morgan fingerprint density at radius 2 is 0.591 bits per heavy atom. The zero-order chi connectivity index (χ0) is 67.1. The van der Waals surface area contributed by atoms with Crippen LogP contribution in [-0.4, -0.2) is 87.5 Å². The van der Waals surface area contributed by atoms with Crippen molar-refractivity contribution in [1.29, 1.82) is 0 Å². The number of carbonyl (C=O) groups is 1. The molecular formula is C84H165NO8. The lowest BCUT2D eigenvalue weighted by Crippen LogP contribution is -2.60. The number of allylic oxidation sites excluding steroid dienone is 1. The summed E-state index contributed by atoms with van der Waals surface area (Å²) in [6, 6.07) is -0.803. The molecule has 0 aromatic carbocycles. The Bertz CT molecular complexity index is 1480. The van der Waals surface area contributed by atoms with Crippen LogP contribution in [0.15, 0.2) is 12.2 Å². The van der Waals surface area contributed by atoms with E-state index in [0.717, 1.165) is 38.5 Å². The summed E-state index contributed by atoms with van der Waals surface area (Å²) >= 11 is 0. The van der Waals surface area contributed by atoms with Crippen LogP contribution in [0.1, 0.15) is 463 Å². The van der Waals surface area contributed by atoms with Crippen LogP contribution in [0.4, 0.5) is 0 Å². The van der Waals surface area contributed by atoms with Gasteiger partial charge in [0, 0.05) is 6.42 Å². The van der Waals surface area contributed by atoms with Crippen molar-refractivity contribution >= 4 is 5.91 Å². The highest BCUT2D eigenvalue weighted by atomic mass is 16.7. The number of ether oxygens (including phenoxy) is 2. The molecule has 9 heteroatoms. The summed E-state index contributed by atoms with van der Waals surface area (Å²) in [5, 5.41) is 55.0. The van der Waals surface area contributed by atoms with E-state index in [-0.39, 0.29) is 12.5 Å². The number of amides is 1. The van der Waals surface area contributed by atoms with E-state index in [2.05, 4.69) is 19.2 Å². The van der Waals surface area contributed by atoms with E-state index in [1.807, 2.05) is 6.08 Å². The minimum absolute atomic E-state index is 0.165. The summed E-state index contributed by atoms with van der Waals surface area (Å²) in [6.45, 7) is 3.86. The van der Waals surface area contributed by atoms with Crippen molar-refractivity contribution in [3.8, 4) is 0 Å². The number of carbonyl (C=O) groups excluding carboxylic acids is 1. The second-order valence-electron chi connectivity index (χ2n) is 30.0. The van der Waals surface area contributed by atoms with Gasteiger partial charge in [0.1, 0.15) is 24.4 Å². The molecule has 6 N–H and O–H groups in total. The molecule has 0 aliphatic carbocycles. The van der Waals surface area contributed by atoms with Gasteiger partial charge in [-0.05, 0) is 19.3 Å². The number of unbranched alkanes of at least 4 members (excludes halogenated alkanes) is 67. The molecule has 1 rings (SSSR count). The zero-order valence-corrected chi connectivity index (χ0v) is 62.6. The molecule has 0 saturated carbocycles. The fourth-order valence-corrected chi connectivity index (χ4v) is 14.3. The van der Waals surface area contributed by atoms with E-state index >= 15 is 0 Å². The number of hydrogen-bond acceptors (Lipinski definition) is 8. The standard InChI is InChI=1S/C84H165NO8/c1-3-5-7-9-11-13-15-17-19-21-23-25-27-29-31-33-34-35-36-37-38-39-40-41-42-43-44-46-48-50-52-54-56-58-60-62-64-66-68-70-72-74-80(88)85-77(76-92-84-83(91)82(90)81(89)79(75-86)93-84)78(87)73-71-69-67-65-63-61-59-57-55-53-51-49-47-45-32-30-28-26-24-22-20-18-16-14-12-10-8-6-4-2/h71,73,77-79,81-84,86-87,89-91H,3-70,72,74-76H2,1-2H3,(H,85,88)/b73-71+. The van der Waals surface area contributed by atoms with Crippen molar-refractivity contribution in [3.05, 3.63) is 12.2 Å². The molecule has 1 fully saturated rings. The second-order valence-corrected chi connectivity index (χ2v) is 30.0. The predicted octanol–water partition coefficient (Wildman–Crippen LogP) is 24.6. The van der Waals surface area contributed by atoms with Gasteiger partial charge in [0.05, 0.1) is 25.4 Å². The van der Waals surface area contributed by atoms with Crippen LogP contribution in [0, 0.1) is 0 Å². The Kier molecular flexibility index (Phi) is 71.2. The minimum atomic E-state index is -1.57. The summed E-state index contributed by atoms with van der Waals surface area (Å²) < 4.78 is 11.4. The Morgan fingerprint density at radius 1 is 0.355 bits per heavy atom. The van der Waals surface area contributed by atoms with Crippen molar-refractivity contribution in [1.82, 2.24) is 5.32 Å². The van der Waals surface area contributed by atoms with Crippen LogP contribution in [0.3, 0.4) is 0 Å². The fourth-order valence-electron chi connectivity index (χ4n) is 14.3. The smallest absolute Gasteiger partial charge is 0.220 e. The first-order valence-electron chi connectivity index (χ1n) is 42.4. The Morgan fingerprint density at radius 3 is 0.839 bits per heavy atom. The molecule has 9 nitrogen and oxygen atoms in total. The summed E-state index contributed by atoms with van der Waals surface area (Å²) in [5.41, 5.74) is 0. The van der Waals surface area contributed by atoms with Crippen LogP contribution in [0.2, 0.25) is 0 Å². The molecule has 1 aliphatic rings. The van der Waals surface area contributed by atoms with Crippen LogP contribution >= 0.6 is 0 Å². The normalized spacial score (nSPS) is 17.5. The van der Waals surface area contributed by atoms with E-state index in [0.29, 0.717) is 6.42 Å². The Hall–Kier alpha value is -1.07. The highest BCUT2D eigenvalue weighted by Crippen LogP contribution is 2.24. The fraction of sp³-hybridized carbons (Fsp3) is 0.964. The molecule has 554 valence electrons. The maximum Gasteiger partial charge on any atom is 0.220 e. The lowest BCUT2D eigenvalue weighted by Gasteiger charge is -2.40. The van der Waals surface area contributed by atoms with E-state index in [1.54, 1.807) is 6.08 Å². The molecule has 7 unspecified atom stereocenters. The van der Waals surface area contributed by atoms with Crippen molar-refractivity contribution < 1.29 is 39.8 Å². The van der Waals surface area contributed by atoms with Crippen molar-refractivity contribution in [2.24, 2.45) is 0 Å². The molecule has 0 aromatic rings. The highest BCUT2D eigenvalue weighted by molar-refractivity contribution is 5.76. The van der Waals surface area contributed by atoms with Gasteiger partial charge in [-0.15, -0.1) is 0 Å². The summed E-state index contributed by atoms with van der Waals surface area (Å²) in [5.74, 6) is -0.165. The summed E-state index contributed by atoms with van der Waals surface area (Å²) in [4.78, 5) is 13.2. The third-order valence-electron chi connectivity index (χ3n) is 20.9. The lowest BCUT2D eigenvalue weighted by molar-refractivity contribution is -0.302. The molecule has 0 aromatic heterocycles. The van der Waals surface area contributed by atoms with Gasteiger partial charge < -0.3 is 40.3 Å². The average Bonchev–Trinajstić information content (AvgIpc) is 0.961. The third-order valence-corrected chi connectivity index (χ3v) is 20.9. The monoisotopic (exact) mass is 1320 g/mol. The average molecular weight is 1320 g/mol. The number of aliphatic hydroxyl groups is 5. The topological polar surface area (TPSA) is 149 Å². The van der Waals surface area contributed by atoms with E-state index in [9.17, 15) is 30.3 Å². The highest BCUT2D eigenvalue weighted by Gasteiger charge is 2.44. The molecule has 0 spiro atoms. The zero-order valence-electron chi connectivity index (χ0n) is 62.6. The molecular weight excluding hydrogens is 1150 g/mol. The maximum atomic E-state index is 13.2. The molecule has 1 heterocycles. The van der Waals surface area contributed by atoms with E-state index < -0.39 is 49.5 Å². The predicted molar refractivity (Wildman–Crippen MR) is 401 cm³/mol. The molecule has 7 atom stereocenters. The molecule has 1 saturated heterocycles.